The molecule has 0 bridgehead atoms. The van der Waals surface area contributed by atoms with Gasteiger partial charge < -0.3 is 4.74 Å². The molecule has 3 heteroatoms. The van der Waals surface area contributed by atoms with Crippen LogP contribution in [0.4, 0.5) is 4.39 Å². The lowest BCUT2D eigenvalue weighted by Gasteiger charge is -2.05. The van der Waals surface area contributed by atoms with E-state index in [1.807, 2.05) is 24.3 Å². The summed E-state index contributed by atoms with van der Waals surface area (Å²) in [7, 11) is 0. The Morgan fingerprint density at radius 1 is 1.12 bits per heavy atom. The van der Waals surface area contributed by atoms with Crippen LogP contribution in [0, 0.1) is 5.82 Å². The van der Waals surface area contributed by atoms with Crippen LogP contribution in [-0.4, -0.2) is 11.1 Å². The van der Waals surface area contributed by atoms with E-state index in [2.05, 4.69) is 4.98 Å². The fourth-order valence-electron chi connectivity index (χ4n) is 1.65. The molecule has 0 spiro atoms. The van der Waals surface area contributed by atoms with Gasteiger partial charge in [-0.15, -0.1) is 0 Å². The summed E-state index contributed by atoms with van der Waals surface area (Å²) >= 11 is 0. The van der Waals surface area contributed by atoms with Crippen molar-refractivity contribution >= 4 is 0 Å². The molecule has 1 fully saturated rings. The topological polar surface area (TPSA) is 22.1 Å². The highest BCUT2D eigenvalue weighted by atomic mass is 19.1. The zero-order valence-electron chi connectivity index (χ0n) is 9.27. The maximum atomic E-state index is 13.0. The third-order valence-electron chi connectivity index (χ3n) is 2.70. The van der Waals surface area contributed by atoms with E-state index in [4.69, 9.17) is 4.74 Å². The van der Waals surface area contributed by atoms with Crippen LogP contribution in [0.5, 0.6) is 5.75 Å². The van der Waals surface area contributed by atoms with Crippen LogP contribution < -0.4 is 4.74 Å². The Balaban J connectivity index is 1.83. The second-order valence-electron chi connectivity index (χ2n) is 4.20. The summed E-state index contributed by atoms with van der Waals surface area (Å²) in [5.41, 5.74) is 1.54. The Labute approximate surface area is 99.1 Å². The van der Waals surface area contributed by atoms with Crippen molar-refractivity contribution in [3.05, 3.63) is 48.4 Å². The van der Waals surface area contributed by atoms with Gasteiger partial charge in [0.15, 0.2) is 0 Å². The number of nitrogens with zero attached hydrogens (tertiary/aromatic N) is 1. The SMILES string of the molecule is Fc1ccnc(-c2ccc(OC3CC3)cc2)c1. The standard InChI is InChI=1S/C14H12FNO/c15-11-7-8-16-14(9-11)10-1-3-12(4-2-10)17-13-5-6-13/h1-4,7-9,13H,5-6H2. The number of rotatable bonds is 3. The van der Waals surface area contributed by atoms with Gasteiger partial charge in [-0.1, -0.05) is 0 Å². The van der Waals surface area contributed by atoms with Crippen molar-refractivity contribution in [2.45, 2.75) is 18.9 Å². The first-order valence-electron chi connectivity index (χ1n) is 5.70. The number of halogens is 1. The maximum absolute atomic E-state index is 13.0. The van der Waals surface area contributed by atoms with Gasteiger partial charge >= 0.3 is 0 Å². The van der Waals surface area contributed by atoms with E-state index < -0.39 is 0 Å². The van der Waals surface area contributed by atoms with Crippen molar-refractivity contribution in [1.82, 2.24) is 4.98 Å². The van der Waals surface area contributed by atoms with Crippen molar-refractivity contribution < 1.29 is 9.13 Å². The first-order valence-corrected chi connectivity index (χ1v) is 5.70. The first-order chi connectivity index (χ1) is 8.31. The Morgan fingerprint density at radius 2 is 1.88 bits per heavy atom. The van der Waals surface area contributed by atoms with Crippen LogP contribution >= 0.6 is 0 Å². The Kier molecular flexibility index (Phi) is 2.52. The van der Waals surface area contributed by atoms with Gasteiger partial charge in [0.25, 0.3) is 0 Å². The molecule has 1 aliphatic carbocycles. The van der Waals surface area contributed by atoms with Crippen LogP contribution in [0.25, 0.3) is 11.3 Å². The Hall–Kier alpha value is -1.90. The molecule has 1 aromatic heterocycles. The summed E-state index contributed by atoms with van der Waals surface area (Å²) in [6, 6.07) is 10.4. The lowest BCUT2D eigenvalue weighted by molar-refractivity contribution is 0.303. The fraction of sp³-hybridized carbons (Fsp3) is 0.214. The molecule has 1 saturated carbocycles. The normalized spacial score (nSPS) is 14.6. The van der Waals surface area contributed by atoms with Crippen LogP contribution in [0.3, 0.4) is 0 Å². The van der Waals surface area contributed by atoms with E-state index in [0.29, 0.717) is 11.8 Å². The molecule has 0 aliphatic heterocycles. The summed E-state index contributed by atoms with van der Waals surface area (Å²) in [6.45, 7) is 0. The smallest absolute Gasteiger partial charge is 0.126 e. The predicted octanol–water partition coefficient (Wildman–Crippen LogP) is 3.43. The summed E-state index contributed by atoms with van der Waals surface area (Å²) in [4.78, 5) is 4.13. The highest BCUT2D eigenvalue weighted by molar-refractivity contribution is 5.59. The zero-order valence-corrected chi connectivity index (χ0v) is 9.27. The van der Waals surface area contributed by atoms with Crippen molar-refractivity contribution in [2.24, 2.45) is 0 Å². The minimum atomic E-state index is -0.270. The van der Waals surface area contributed by atoms with Crippen molar-refractivity contribution in [2.75, 3.05) is 0 Å². The van der Waals surface area contributed by atoms with E-state index >= 15 is 0 Å². The van der Waals surface area contributed by atoms with Crippen LogP contribution in [0.15, 0.2) is 42.6 Å². The lowest BCUT2D eigenvalue weighted by Crippen LogP contribution is -1.95. The fourth-order valence-corrected chi connectivity index (χ4v) is 1.65. The second kappa shape index (κ2) is 4.17. The summed E-state index contributed by atoms with van der Waals surface area (Å²) < 4.78 is 18.7. The number of hydrogen-bond donors (Lipinski definition) is 0. The maximum Gasteiger partial charge on any atom is 0.126 e. The van der Waals surface area contributed by atoms with Crippen molar-refractivity contribution in [1.29, 1.82) is 0 Å². The van der Waals surface area contributed by atoms with E-state index in [-0.39, 0.29) is 5.82 Å². The number of ether oxygens (including phenoxy) is 1. The molecule has 3 rings (SSSR count). The van der Waals surface area contributed by atoms with Gasteiger partial charge in [-0.25, -0.2) is 4.39 Å². The number of aromatic nitrogens is 1. The van der Waals surface area contributed by atoms with E-state index in [9.17, 15) is 4.39 Å². The molecule has 1 aromatic carbocycles. The van der Waals surface area contributed by atoms with E-state index in [1.165, 1.54) is 18.3 Å². The lowest BCUT2D eigenvalue weighted by atomic mass is 10.1. The minimum absolute atomic E-state index is 0.270. The van der Waals surface area contributed by atoms with Crippen LogP contribution in [0.2, 0.25) is 0 Å². The van der Waals surface area contributed by atoms with E-state index in [1.54, 1.807) is 0 Å². The minimum Gasteiger partial charge on any atom is -0.490 e. The average molecular weight is 229 g/mol. The quantitative estimate of drug-likeness (QED) is 0.804. The van der Waals surface area contributed by atoms with E-state index in [0.717, 1.165) is 24.2 Å². The molecule has 0 unspecified atom stereocenters. The average Bonchev–Trinajstić information content (AvgIpc) is 3.14. The summed E-state index contributed by atoms with van der Waals surface area (Å²) in [6.07, 6.45) is 4.16. The molecule has 0 radical (unpaired) electrons. The molecule has 86 valence electrons. The first kappa shape index (κ1) is 10.3. The summed E-state index contributed by atoms with van der Waals surface area (Å²) in [5, 5.41) is 0. The van der Waals surface area contributed by atoms with Gasteiger partial charge in [-0.2, -0.15) is 0 Å². The Morgan fingerprint density at radius 3 is 2.53 bits per heavy atom. The van der Waals surface area contributed by atoms with Gasteiger partial charge in [0.2, 0.25) is 0 Å². The largest absolute Gasteiger partial charge is 0.490 e. The molecule has 17 heavy (non-hydrogen) atoms. The number of hydrogen-bond acceptors (Lipinski definition) is 2. The van der Waals surface area contributed by atoms with Crippen LogP contribution in [0.1, 0.15) is 12.8 Å². The van der Waals surface area contributed by atoms with Gasteiger partial charge in [-0.3, -0.25) is 4.98 Å². The molecule has 0 amide bonds. The summed E-state index contributed by atoms with van der Waals surface area (Å²) in [5.74, 6) is 0.598. The third-order valence-corrected chi connectivity index (χ3v) is 2.70. The highest BCUT2D eigenvalue weighted by Crippen LogP contribution is 2.28. The monoisotopic (exact) mass is 229 g/mol. The number of pyridine rings is 1. The van der Waals surface area contributed by atoms with Gasteiger partial charge in [0, 0.05) is 17.8 Å². The predicted molar refractivity (Wildman–Crippen MR) is 63.3 cm³/mol. The molecule has 2 nitrogen and oxygen atoms in total. The number of benzene rings is 1. The Bertz CT molecular complexity index is 520. The molecular formula is C14H12FNO. The molecule has 0 saturated heterocycles. The molecule has 2 aromatic rings. The highest BCUT2D eigenvalue weighted by Gasteiger charge is 2.23. The molecule has 0 atom stereocenters. The molecular weight excluding hydrogens is 217 g/mol. The van der Waals surface area contributed by atoms with Gasteiger partial charge in [0.1, 0.15) is 11.6 Å². The molecule has 0 N–H and O–H groups in total. The zero-order chi connectivity index (χ0) is 11.7. The second-order valence-corrected chi connectivity index (χ2v) is 4.20. The van der Waals surface area contributed by atoms with Gasteiger partial charge in [-0.05, 0) is 43.2 Å². The van der Waals surface area contributed by atoms with Crippen molar-refractivity contribution in [3.63, 3.8) is 0 Å². The van der Waals surface area contributed by atoms with Crippen LogP contribution in [-0.2, 0) is 0 Å². The van der Waals surface area contributed by atoms with Gasteiger partial charge in [0.05, 0.1) is 11.8 Å². The third kappa shape index (κ3) is 2.44. The molecule has 1 heterocycles. The van der Waals surface area contributed by atoms with Crippen molar-refractivity contribution in [3.8, 4) is 17.0 Å². The molecule has 1 aliphatic rings.